The van der Waals surface area contributed by atoms with Gasteiger partial charge >= 0.3 is 0 Å². The second kappa shape index (κ2) is 5.82. The molecule has 0 heterocycles. The lowest BCUT2D eigenvalue weighted by Gasteiger charge is -2.07. The minimum atomic E-state index is -0.488. The quantitative estimate of drug-likeness (QED) is 0.510. The third-order valence-corrected chi connectivity index (χ3v) is 2.42. The van der Waals surface area contributed by atoms with E-state index in [0.29, 0.717) is 12.4 Å². The van der Waals surface area contributed by atoms with Crippen molar-refractivity contribution in [3.63, 3.8) is 0 Å². The minimum Gasteiger partial charge on any atom is -0.489 e. The Kier molecular flexibility index (Phi) is 3.91. The minimum absolute atomic E-state index is 0.213. The molecule has 2 aromatic carbocycles. The molecule has 2 aromatic rings. The molecule has 0 atom stereocenters. The molecule has 0 amide bonds. The fourth-order valence-electron chi connectivity index (χ4n) is 1.51. The van der Waals surface area contributed by atoms with Crippen LogP contribution in [0.5, 0.6) is 5.75 Å². The molecule has 18 heavy (non-hydrogen) atoms. The number of ether oxygens (including phenoxy) is 1. The topological polar surface area (TPSA) is 41.8 Å². The highest BCUT2D eigenvalue weighted by Crippen LogP contribution is 2.17. The van der Waals surface area contributed by atoms with Gasteiger partial charge in [0.25, 0.3) is 0 Å². The third kappa shape index (κ3) is 3.07. The van der Waals surface area contributed by atoms with Gasteiger partial charge in [-0.25, -0.2) is 4.39 Å². The molecule has 0 radical (unpaired) electrons. The van der Waals surface area contributed by atoms with Gasteiger partial charge in [-0.3, -0.25) is 0 Å². The first-order valence-corrected chi connectivity index (χ1v) is 5.43. The predicted octanol–water partition coefficient (Wildman–Crippen LogP) is 3.21. The SMILES string of the molecule is ON=Cc1ccc(OCc2ccccc2)cc1F. The van der Waals surface area contributed by atoms with E-state index in [1.807, 2.05) is 30.3 Å². The molecule has 3 nitrogen and oxygen atoms in total. The maximum absolute atomic E-state index is 13.5. The van der Waals surface area contributed by atoms with Crippen LogP contribution in [0.1, 0.15) is 11.1 Å². The number of rotatable bonds is 4. The first-order valence-electron chi connectivity index (χ1n) is 5.43. The maximum Gasteiger partial charge on any atom is 0.135 e. The second-order valence-corrected chi connectivity index (χ2v) is 3.70. The van der Waals surface area contributed by atoms with Gasteiger partial charge in [0.05, 0.1) is 6.21 Å². The lowest BCUT2D eigenvalue weighted by molar-refractivity contribution is 0.304. The highest BCUT2D eigenvalue weighted by atomic mass is 19.1. The molecule has 2 rings (SSSR count). The summed E-state index contributed by atoms with van der Waals surface area (Å²) in [7, 11) is 0. The third-order valence-electron chi connectivity index (χ3n) is 2.42. The highest BCUT2D eigenvalue weighted by molar-refractivity contribution is 5.79. The molecule has 0 bridgehead atoms. The average molecular weight is 245 g/mol. The maximum atomic E-state index is 13.5. The van der Waals surface area contributed by atoms with E-state index < -0.39 is 5.82 Å². The van der Waals surface area contributed by atoms with Crippen LogP contribution in [0.2, 0.25) is 0 Å². The number of halogens is 1. The van der Waals surface area contributed by atoms with E-state index >= 15 is 0 Å². The number of benzene rings is 2. The number of hydrogen-bond acceptors (Lipinski definition) is 3. The number of hydrogen-bond donors (Lipinski definition) is 1. The van der Waals surface area contributed by atoms with Crippen molar-refractivity contribution < 1.29 is 14.3 Å². The summed E-state index contributed by atoms with van der Waals surface area (Å²) in [5, 5.41) is 11.1. The zero-order chi connectivity index (χ0) is 12.8. The zero-order valence-corrected chi connectivity index (χ0v) is 9.58. The van der Waals surface area contributed by atoms with E-state index in [0.717, 1.165) is 11.8 Å². The number of nitrogens with zero attached hydrogens (tertiary/aromatic N) is 1. The van der Waals surface area contributed by atoms with Crippen LogP contribution < -0.4 is 4.74 Å². The molecule has 0 unspecified atom stereocenters. The van der Waals surface area contributed by atoms with E-state index in [1.165, 1.54) is 12.1 Å². The average Bonchev–Trinajstić information content (AvgIpc) is 2.41. The normalized spacial score (nSPS) is 10.7. The summed E-state index contributed by atoms with van der Waals surface area (Å²) in [5.41, 5.74) is 1.23. The summed E-state index contributed by atoms with van der Waals surface area (Å²) in [6.45, 7) is 0.383. The fraction of sp³-hybridized carbons (Fsp3) is 0.0714. The van der Waals surface area contributed by atoms with Crippen LogP contribution in [0.25, 0.3) is 0 Å². The van der Waals surface area contributed by atoms with Gasteiger partial charge < -0.3 is 9.94 Å². The Morgan fingerprint density at radius 2 is 1.94 bits per heavy atom. The van der Waals surface area contributed by atoms with Crippen LogP contribution in [-0.4, -0.2) is 11.4 Å². The van der Waals surface area contributed by atoms with Crippen LogP contribution >= 0.6 is 0 Å². The fourth-order valence-corrected chi connectivity index (χ4v) is 1.51. The van der Waals surface area contributed by atoms with Gasteiger partial charge in [-0.2, -0.15) is 0 Å². The second-order valence-electron chi connectivity index (χ2n) is 3.70. The van der Waals surface area contributed by atoms with E-state index in [1.54, 1.807) is 6.07 Å². The molecule has 0 aromatic heterocycles. The van der Waals surface area contributed by atoms with Crippen molar-refractivity contribution in [1.82, 2.24) is 0 Å². The molecule has 1 N–H and O–H groups in total. The standard InChI is InChI=1S/C14H12FNO2/c15-14-8-13(7-6-12(14)9-16-17)18-10-11-4-2-1-3-5-11/h1-9,17H,10H2. The summed E-state index contributed by atoms with van der Waals surface area (Å²) in [5.74, 6) is -0.0511. The van der Waals surface area contributed by atoms with E-state index in [-0.39, 0.29) is 5.56 Å². The van der Waals surface area contributed by atoms with E-state index in [4.69, 9.17) is 9.94 Å². The molecular weight excluding hydrogens is 233 g/mol. The van der Waals surface area contributed by atoms with Crippen molar-refractivity contribution in [2.24, 2.45) is 5.16 Å². The van der Waals surface area contributed by atoms with Crippen molar-refractivity contribution in [2.45, 2.75) is 6.61 Å². The molecule has 0 aliphatic heterocycles. The summed E-state index contributed by atoms with van der Waals surface area (Å²) in [6.07, 6.45) is 1.04. The lowest BCUT2D eigenvalue weighted by atomic mass is 10.2. The molecule has 92 valence electrons. The summed E-state index contributed by atoms with van der Waals surface area (Å²) < 4.78 is 18.9. The van der Waals surface area contributed by atoms with Gasteiger partial charge in [-0.1, -0.05) is 35.5 Å². The van der Waals surface area contributed by atoms with Crippen LogP contribution in [0, 0.1) is 5.82 Å². The largest absolute Gasteiger partial charge is 0.489 e. The molecule has 0 aliphatic carbocycles. The van der Waals surface area contributed by atoms with Crippen molar-refractivity contribution >= 4 is 6.21 Å². The van der Waals surface area contributed by atoms with Crippen molar-refractivity contribution in [1.29, 1.82) is 0 Å². The molecule has 4 heteroatoms. The van der Waals surface area contributed by atoms with Gasteiger partial charge in [0.1, 0.15) is 18.2 Å². The molecule has 0 aliphatic rings. The van der Waals surface area contributed by atoms with Gasteiger partial charge in [-0.05, 0) is 17.7 Å². The molecule has 0 saturated heterocycles. The van der Waals surface area contributed by atoms with Crippen LogP contribution in [0.3, 0.4) is 0 Å². The van der Waals surface area contributed by atoms with Crippen LogP contribution in [0.4, 0.5) is 4.39 Å². The Morgan fingerprint density at radius 1 is 1.17 bits per heavy atom. The van der Waals surface area contributed by atoms with Gasteiger partial charge in [0.15, 0.2) is 0 Å². The van der Waals surface area contributed by atoms with Crippen LogP contribution in [0.15, 0.2) is 53.7 Å². The number of oxime groups is 1. The smallest absolute Gasteiger partial charge is 0.135 e. The van der Waals surface area contributed by atoms with Crippen molar-refractivity contribution in [3.8, 4) is 5.75 Å². The predicted molar refractivity (Wildman–Crippen MR) is 66.6 cm³/mol. The van der Waals surface area contributed by atoms with Gasteiger partial charge in [-0.15, -0.1) is 0 Å². The van der Waals surface area contributed by atoms with Crippen molar-refractivity contribution in [3.05, 3.63) is 65.5 Å². The van der Waals surface area contributed by atoms with Gasteiger partial charge in [0, 0.05) is 11.6 Å². The molecule has 0 fully saturated rings. The monoisotopic (exact) mass is 245 g/mol. The molecule has 0 saturated carbocycles. The summed E-state index contributed by atoms with van der Waals surface area (Å²) in [4.78, 5) is 0. The van der Waals surface area contributed by atoms with E-state index in [2.05, 4.69) is 5.16 Å². The Morgan fingerprint density at radius 3 is 2.61 bits per heavy atom. The summed E-state index contributed by atoms with van der Waals surface area (Å²) >= 11 is 0. The Bertz CT molecular complexity index is 541. The summed E-state index contributed by atoms with van der Waals surface area (Å²) in [6, 6.07) is 14.0. The lowest BCUT2D eigenvalue weighted by Crippen LogP contribution is -1.96. The van der Waals surface area contributed by atoms with E-state index in [9.17, 15) is 4.39 Å². The van der Waals surface area contributed by atoms with Crippen LogP contribution in [-0.2, 0) is 6.61 Å². The van der Waals surface area contributed by atoms with Gasteiger partial charge in [0.2, 0.25) is 0 Å². The Balaban J connectivity index is 2.04. The Hall–Kier alpha value is -2.36. The first-order chi connectivity index (χ1) is 8.79. The van der Waals surface area contributed by atoms with Crippen molar-refractivity contribution in [2.75, 3.05) is 0 Å². The highest BCUT2D eigenvalue weighted by Gasteiger charge is 2.02. The Labute approximate surface area is 104 Å². The zero-order valence-electron chi connectivity index (χ0n) is 9.58. The molecular formula is C14H12FNO2. The molecule has 0 spiro atoms. The first kappa shape index (κ1) is 12.1.